The van der Waals surface area contributed by atoms with E-state index in [0.29, 0.717) is 5.88 Å². The van der Waals surface area contributed by atoms with Crippen molar-refractivity contribution in [2.45, 2.75) is 32.7 Å². The lowest BCUT2D eigenvalue weighted by Gasteiger charge is -2.17. The standard InChI is InChI=1S/C15H23NO2Si/c1-11-7-8-14(17-6)13(9-11)10-16-12(2)18-19-15(3,4)5/h7-10H,2,19H2,1,3-6H3. The minimum atomic E-state index is -0.665. The number of nitrogens with zero attached hydrogens (tertiary/aromatic N) is 1. The third-order valence-electron chi connectivity index (χ3n) is 2.40. The molecule has 1 aromatic rings. The summed E-state index contributed by atoms with van der Waals surface area (Å²) in [6.45, 7) is 12.4. The summed E-state index contributed by atoms with van der Waals surface area (Å²) in [7, 11) is 0.987. The van der Waals surface area contributed by atoms with Gasteiger partial charge in [-0.2, -0.15) is 0 Å². The minimum Gasteiger partial charge on any atom is -0.536 e. The first-order valence-corrected chi connectivity index (χ1v) is 7.61. The van der Waals surface area contributed by atoms with E-state index >= 15 is 0 Å². The van der Waals surface area contributed by atoms with Crippen LogP contribution in [0.4, 0.5) is 0 Å². The van der Waals surface area contributed by atoms with Gasteiger partial charge in [0.15, 0.2) is 5.88 Å². The monoisotopic (exact) mass is 277 g/mol. The second-order valence-corrected chi connectivity index (χ2v) is 8.45. The van der Waals surface area contributed by atoms with Crippen molar-refractivity contribution >= 4 is 16.0 Å². The summed E-state index contributed by atoms with van der Waals surface area (Å²) in [5.74, 6) is 1.28. The van der Waals surface area contributed by atoms with Crippen LogP contribution in [0.3, 0.4) is 0 Å². The van der Waals surface area contributed by atoms with Gasteiger partial charge < -0.3 is 9.16 Å². The van der Waals surface area contributed by atoms with E-state index < -0.39 is 9.76 Å². The van der Waals surface area contributed by atoms with Crippen molar-refractivity contribution in [1.29, 1.82) is 0 Å². The van der Waals surface area contributed by atoms with Gasteiger partial charge in [0, 0.05) is 11.8 Å². The maximum atomic E-state index is 5.64. The van der Waals surface area contributed by atoms with Crippen molar-refractivity contribution in [2.24, 2.45) is 4.99 Å². The van der Waals surface area contributed by atoms with Crippen LogP contribution in [0.2, 0.25) is 5.04 Å². The Hall–Kier alpha value is -1.55. The topological polar surface area (TPSA) is 30.8 Å². The molecule has 0 saturated carbocycles. The smallest absolute Gasteiger partial charge is 0.226 e. The van der Waals surface area contributed by atoms with Gasteiger partial charge in [-0.25, -0.2) is 4.99 Å². The molecule has 104 valence electrons. The number of benzene rings is 1. The van der Waals surface area contributed by atoms with Gasteiger partial charge in [0.2, 0.25) is 9.76 Å². The van der Waals surface area contributed by atoms with E-state index in [1.807, 2.05) is 25.1 Å². The average Bonchev–Trinajstić information content (AvgIpc) is 2.33. The lowest BCUT2D eigenvalue weighted by molar-refractivity contribution is 0.413. The quantitative estimate of drug-likeness (QED) is 0.470. The SMILES string of the molecule is C=C(N=Cc1cc(C)ccc1OC)O[SiH2]C(C)(C)C. The molecule has 0 radical (unpaired) electrons. The zero-order chi connectivity index (χ0) is 14.5. The zero-order valence-corrected chi connectivity index (χ0v) is 13.9. The molecule has 1 aromatic carbocycles. The van der Waals surface area contributed by atoms with Gasteiger partial charge >= 0.3 is 0 Å². The predicted octanol–water partition coefficient (Wildman–Crippen LogP) is 3.21. The number of aliphatic imine (C=N–C) groups is 1. The van der Waals surface area contributed by atoms with E-state index in [-0.39, 0.29) is 5.04 Å². The lowest BCUT2D eigenvalue weighted by Crippen LogP contribution is -2.11. The molecule has 1 rings (SSSR count). The number of hydrogen-bond acceptors (Lipinski definition) is 3. The molecule has 0 fully saturated rings. The molecule has 0 aliphatic carbocycles. The van der Waals surface area contributed by atoms with Gasteiger partial charge in [-0.15, -0.1) is 0 Å². The minimum absolute atomic E-state index is 0.236. The zero-order valence-electron chi connectivity index (χ0n) is 12.5. The van der Waals surface area contributed by atoms with E-state index in [1.54, 1.807) is 13.3 Å². The molecular formula is C15H23NO2Si. The van der Waals surface area contributed by atoms with E-state index in [2.05, 4.69) is 32.3 Å². The van der Waals surface area contributed by atoms with Crippen LogP contribution in [0.1, 0.15) is 31.9 Å². The average molecular weight is 277 g/mol. The summed E-state index contributed by atoms with van der Waals surface area (Å²) in [5.41, 5.74) is 2.10. The third kappa shape index (κ3) is 5.74. The second kappa shape index (κ2) is 6.57. The fourth-order valence-corrected chi connectivity index (χ4v) is 2.11. The molecule has 0 aliphatic rings. The normalized spacial score (nSPS) is 12.3. The number of hydrogen-bond donors (Lipinski definition) is 0. The summed E-state index contributed by atoms with van der Waals surface area (Å²) in [6, 6.07) is 5.97. The molecule has 0 heterocycles. The van der Waals surface area contributed by atoms with Gasteiger partial charge in [-0.1, -0.05) is 32.4 Å². The molecule has 19 heavy (non-hydrogen) atoms. The second-order valence-electron chi connectivity index (χ2n) is 5.75. The Morgan fingerprint density at radius 1 is 1.37 bits per heavy atom. The van der Waals surface area contributed by atoms with E-state index in [4.69, 9.17) is 9.16 Å². The van der Waals surface area contributed by atoms with Gasteiger partial charge in [0.25, 0.3) is 0 Å². The van der Waals surface area contributed by atoms with Crippen molar-refractivity contribution in [3.05, 3.63) is 41.8 Å². The van der Waals surface area contributed by atoms with Crippen molar-refractivity contribution in [1.82, 2.24) is 0 Å². The van der Waals surface area contributed by atoms with Crippen LogP contribution in [-0.4, -0.2) is 23.1 Å². The molecule has 4 heteroatoms. The molecule has 3 nitrogen and oxygen atoms in total. The van der Waals surface area contributed by atoms with Crippen molar-refractivity contribution < 1.29 is 9.16 Å². The predicted molar refractivity (Wildman–Crippen MR) is 83.8 cm³/mol. The Labute approximate surface area is 118 Å². The molecule has 0 saturated heterocycles. The number of ether oxygens (including phenoxy) is 1. The third-order valence-corrected chi connectivity index (χ3v) is 3.75. The van der Waals surface area contributed by atoms with Crippen LogP contribution in [-0.2, 0) is 4.43 Å². The highest BCUT2D eigenvalue weighted by atomic mass is 28.2. The Kier molecular flexibility index (Phi) is 5.36. The highest BCUT2D eigenvalue weighted by molar-refractivity contribution is 6.32. The van der Waals surface area contributed by atoms with Crippen LogP contribution in [0.25, 0.3) is 0 Å². The molecular weight excluding hydrogens is 254 g/mol. The van der Waals surface area contributed by atoms with Gasteiger partial charge in [-0.3, -0.25) is 0 Å². The lowest BCUT2D eigenvalue weighted by atomic mass is 10.1. The van der Waals surface area contributed by atoms with Crippen LogP contribution in [0, 0.1) is 6.92 Å². The van der Waals surface area contributed by atoms with Crippen LogP contribution < -0.4 is 4.74 Å². The summed E-state index contributed by atoms with van der Waals surface area (Å²) in [6.07, 6.45) is 1.74. The first kappa shape index (κ1) is 15.5. The highest BCUT2D eigenvalue weighted by Crippen LogP contribution is 2.21. The van der Waals surface area contributed by atoms with Gasteiger partial charge in [0.05, 0.1) is 7.11 Å². The largest absolute Gasteiger partial charge is 0.536 e. The van der Waals surface area contributed by atoms with E-state index in [0.717, 1.165) is 16.9 Å². The maximum Gasteiger partial charge on any atom is 0.226 e. The van der Waals surface area contributed by atoms with Gasteiger partial charge in [-0.05, 0) is 30.7 Å². The Morgan fingerprint density at radius 2 is 2.05 bits per heavy atom. The fraction of sp³-hybridized carbons (Fsp3) is 0.400. The number of methoxy groups -OCH3 is 1. The number of aryl methyl sites for hydroxylation is 1. The summed E-state index contributed by atoms with van der Waals surface area (Å²) in [5, 5.41) is 0.236. The molecule has 0 atom stereocenters. The Balaban J connectivity index is 2.71. The summed E-state index contributed by atoms with van der Waals surface area (Å²) < 4.78 is 10.9. The number of rotatable bonds is 5. The fourth-order valence-electron chi connectivity index (χ4n) is 1.43. The molecule has 0 spiro atoms. The van der Waals surface area contributed by atoms with Crippen LogP contribution in [0.15, 0.2) is 35.7 Å². The Morgan fingerprint density at radius 3 is 2.63 bits per heavy atom. The van der Waals surface area contributed by atoms with E-state index in [9.17, 15) is 0 Å². The van der Waals surface area contributed by atoms with Crippen molar-refractivity contribution in [3.63, 3.8) is 0 Å². The maximum absolute atomic E-state index is 5.64. The summed E-state index contributed by atoms with van der Waals surface area (Å²) >= 11 is 0. The molecule has 0 unspecified atom stereocenters. The summed E-state index contributed by atoms with van der Waals surface area (Å²) in [4.78, 5) is 4.26. The highest BCUT2D eigenvalue weighted by Gasteiger charge is 2.12. The molecule has 0 amide bonds. The first-order valence-electron chi connectivity index (χ1n) is 6.32. The van der Waals surface area contributed by atoms with Crippen LogP contribution in [0.5, 0.6) is 5.75 Å². The van der Waals surface area contributed by atoms with Crippen LogP contribution >= 0.6 is 0 Å². The van der Waals surface area contributed by atoms with Crippen molar-refractivity contribution in [3.8, 4) is 5.75 Å². The first-order chi connectivity index (χ1) is 8.81. The molecule has 0 aliphatic heterocycles. The van der Waals surface area contributed by atoms with Gasteiger partial charge in [0.1, 0.15) is 5.75 Å². The molecule has 0 aromatic heterocycles. The molecule has 0 bridgehead atoms. The van der Waals surface area contributed by atoms with E-state index in [1.165, 1.54) is 0 Å². The Bertz CT molecular complexity index is 476. The van der Waals surface area contributed by atoms with Crippen molar-refractivity contribution in [2.75, 3.05) is 7.11 Å². The molecule has 0 N–H and O–H groups in total.